The molecule has 3 aromatic rings. The van der Waals surface area contributed by atoms with Gasteiger partial charge in [-0.25, -0.2) is 0 Å². The molecule has 1 nitrogen and oxygen atoms in total. The zero-order chi connectivity index (χ0) is 12.7. The summed E-state index contributed by atoms with van der Waals surface area (Å²) in [6.45, 7) is 6.50. The van der Waals surface area contributed by atoms with Crippen molar-refractivity contribution in [3.63, 3.8) is 0 Å². The van der Waals surface area contributed by atoms with Gasteiger partial charge in [0.1, 0.15) is 0 Å². The highest BCUT2D eigenvalue weighted by Gasteiger charge is 2.05. The summed E-state index contributed by atoms with van der Waals surface area (Å²) in [4.78, 5) is 0. The lowest BCUT2D eigenvalue weighted by atomic mass is 9.98. The summed E-state index contributed by atoms with van der Waals surface area (Å²) >= 11 is 0. The molecule has 0 aliphatic heterocycles. The molecule has 0 radical (unpaired) electrons. The number of rotatable bonds is 1. The zero-order valence-corrected chi connectivity index (χ0v) is 11.1. The Morgan fingerprint density at radius 3 is 2.44 bits per heavy atom. The van der Waals surface area contributed by atoms with E-state index in [1.54, 1.807) is 0 Å². The summed E-state index contributed by atoms with van der Waals surface area (Å²) in [6, 6.07) is 15.2. The van der Waals surface area contributed by atoms with Gasteiger partial charge in [-0.15, -0.1) is 0 Å². The smallest absolute Gasteiger partial charge is 0.0453 e. The lowest BCUT2D eigenvalue weighted by Crippen LogP contribution is -1.91. The Morgan fingerprint density at radius 1 is 0.833 bits per heavy atom. The maximum atomic E-state index is 2.25. The SMILES string of the molecule is Cc1cccc(-c2ccc3ccc(C)n3c2)c1C. The van der Waals surface area contributed by atoms with Gasteiger partial charge < -0.3 is 4.40 Å². The van der Waals surface area contributed by atoms with Crippen molar-refractivity contribution in [2.24, 2.45) is 0 Å². The third-order valence-electron chi connectivity index (χ3n) is 3.77. The Kier molecular flexibility index (Phi) is 2.48. The van der Waals surface area contributed by atoms with Crippen LogP contribution in [0, 0.1) is 20.8 Å². The minimum atomic E-state index is 1.25. The maximum absolute atomic E-state index is 2.25. The predicted octanol–water partition coefficient (Wildman–Crippen LogP) is 4.53. The molecule has 90 valence electrons. The topological polar surface area (TPSA) is 4.41 Å². The number of pyridine rings is 1. The molecule has 0 saturated heterocycles. The van der Waals surface area contributed by atoms with Gasteiger partial charge in [0.2, 0.25) is 0 Å². The van der Waals surface area contributed by atoms with E-state index in [1.807, 2.05) is 0 Å². The van der Waals surface area contributed by atoms with E-state index in [-0.39, 0.29) is 0 Å². The molecule has 1 aromatic carbocycles. The first-order chi connectivity index (χ1) is 8.66. The van der Waals surface area contributed by atoms with Crippen LogP contribution in [-0.4, -0.2) is 4.40 Å². The van der Waals surface area contributed by atoms with E-state index in [1.165, 1.54) is 33.5 Å². The highest BCUT2D eigenvalue weighted by Crippen LogP contribution is 2.26. The first-order valence-corrected chi connectivity index (χ1v) is 6.31. The van der Waals surface area contributed by atoms with Crippen molar-refractivity contribution in [2.45, 2.75) is 20.8 Å². The first kappa shape index (κ1) is 11.1. The molecular weight excluding hydrogens is 218 g/mol. The van der Waals surface area contributed by atoms with Crippen LogP contribution in [0.2, 0.25) is 0 Å². The molecular formula is C17H17N. The maximum Gasteiger partial charge on any atom is 0.0453 e. The van der Waals surface area contributed by atoms with Crippen LogP contribution in [0.3, 0.4) is 0 Å². The molecule has 0 amide bonds. The van der Waals surface area contributed by atoms with Crippen LogP contribution < -0.4 is 0 Å². The monoisotopic (exact) mass is 235 g/mol. The van der Waals surface area contributed by atoms with Crippen molar-refractivity contribution in [1.82, 2.24) is 4.40 Å². The number of aryl methyl sites for hydroxylation is 2. The Balaban J connectivity index is 2.25. The average molecular weight is 235 g/mol. The molecule has 0 N–H and O–H groups in total. The lowest BCUT2D eigenvalue weighted by molar-refractivity contribution is 1.11. The van der Waals surface area contributed by atoms with Crippen LogP contribution in [0.4, 0.5) is 0 Å². The van der Waals surface area contributed by atoms with Gasteiger partial charge in [0.25, 0.3) is 0 Å². The van der Waals surface area contributed by atoms with E-state index in [0.717, 1.165) is 0 Å². The molecule has 0 atom stereocenters. The molecule has 1 heteroatoms. The number of aromatic nitrogens is 1. The second-order valence-electron chi connectivity index (χ2n) is 4.93. The summed E-state index contributed by atoms with van der Waals surface area (Å²) in [6.07, 6.45) is 2.23. The van der Waals surface area contributed by atoms with Crippen LogP contribution in [-0.2, 0) is 0 Å². The Bertz CT molecular complexity index is 720. The van der Waals surface area contributed by atoms with Gasteiger partial charge >= 0.3 is 0 Å². The number of fused-ring (bicyclic) bond motifs is 1. The molecule has 0 saturated carbocycles. The second kappa shape index (κ2) is 4.02. The van der Waals surface area contributed by atoms with Crippen LogP contribution in [0.25, 0.3) is 16.6 Å². The summed E-state index contributed by atoms with van der Waals surface area (Å²) < 4.78 is 2.25. The molecule has 2 aromatic heterocycles. The molecule has 0 spiro atoms. The van der Waals surface area contributed by atoms with E-state index < -0.39 is 0 Å². The lowest BCUT2D eigenvalue weighted by Gasteiger charge is -2.10. The molecule has 0 bridgehead atoms. The van der Waals surface area contributed by atoms with Gasteiger partial charge in [0, 0.05) is 17.4 Å². The number of nitrogens with zero attached hydrogens (tertiary/aromatic N) is 1. The highest BCUT2D eigenvalue weighted by molar-refractivity contribution is 5.70. The standard InChI is InChI=1S/C17H17N/c1-12-5-4-6-17(14(12)3)15-8-10-16-9-7-13(2)18(16)11-15/h4-11H,1-3H3. The third kappa shape index (κ3) is 1.63. The number of benzene rings is 1. The van der Waals surface area contributed by atoms with Gasteiger partial charge in [-0.3, -0.25) is 0 Å². The minimum Gasteiger partial charge on any atom is -0.321 e. The van der Waals surface area contributed by atoms with E-state index in [2.05, 4.69) is 73.8 Å². The van der Waals surface area contributed by atoms with Gasteiger partial charge in [-0.05, 0) is 61.2 Å². The van der Waals surface area contributed by atoms with Crippen LogP contribution in [0.5, 0.6) is 0 Å². The van der Waals surface area contributed by atoms with E-state index in [9.17, 15) is 0 Å². The summed E-state index contributed by atoms with van der Waals surface area (Å²) in [5.74, 6) is 0. The minimum absolute atomic E-state index is 1.25. The number of hydrogen-bond acceptors (Lipinski definition) is 0. The van der Waals surface area contributed by atoms with Crippen molar-refractivity contribution >= 4 is 5.52 Å². The molecule has 0 aliphatic rings. The second-order valence-corrected chi connectivity index (χ2v) is 4.93. The summed E-state index contributed by atoms with van der Waals surface area (Å²) in [5, 5.41) is 0. The predicted molar refractivity (Wildman–Crippen MR) is 77.0 cm³/mol. The molecule has 0 aliphatic carbocycles. The Morgan fingerprint density at radius 2 is 1.61 bits per heavy atom. The van der Waals surface area contributed by atoms with Gasteiger partial charge in [-0.2, -0.15) is 0 Å². The molecule has 3 rings (SSSR count). The molecule has 0 unspecified atom stereocenters. The van der Waals surface area contributed by atoms with E-state index in [0.29, 0.717) is 0 Å². The van der Waals surface area contributed by atoms with Crippen molar-refractivity contribution in [3.8, 4) is 11.1 Å². The van der Waals surface area contributed by atoms with E-state index in [4.69, 9.17) is 0 Å². The summed E-state index contributed by atoms with van der Waals surface area (Å²) in [5.41, 5.74) is 7.84. The zero-order valence-electron chi connectivity index (χ0n) is 11.1. The van der Waals surface area contributed by atoms with Crippen molar-refractivity contribution in [3.05, 3.63) is 65.5 Å². The molecule has 0 fully saturated rings. The third-order valence-corrected chi connectivity index (χ3v) is 3.77. The number of hydrogen-bond donors (Lipinski definition) is 0. The average Bonchev–Trinajstić information content (AvgIpc) is 2.74. The van der Waals surface area contributed by atoms with Crippen molar-refractivity contribution < 1.29 is 0 Å². The fourth-order valence-corrected chi connectivity index (χ4v) is 2.46. The first-order valence-electron chi connectivity index (χ1n) is 6.31. The quantitative estimate of drug-likeness (QED) is 0.583. The van der Waals surface area contributed by atoms with Gasteiger partial charge in [0.05, 0.1) is 0 Å². The van der Waals surface area contributed by atoms with Crippen LogP contribution >= 0.6 is 0 Å². The van der Waals surface area contributed by atoms with Crippen molar-refractivity contribution in [1.29, 1.82) is 0 Å². The van der Waals surface area contributed by atoms with Crippen molar-refractivity contribution in [2.75, 3.05) is 0 Å². The fourth-order valence-electron chi connectivity index (χ4n) is 2.46. The van der Waals surface area contributed by atoms with Crippen LogP contribution in [0.15, 0.2) is 48.7 Å². The van der Waals surface area contributed by atoms with Gasteiger partial charge in [-0.1, -0.05) is 24.3 Å². The Labute approximate surface area is 108 Å². The molecule has 18 heavy (non-hydrogen) atoms. The van der Waals surface area contributed by atoms with Gasteiger partial charge in [0.15, 0.2) is 0 Å². The normalized spacial score (nSPS) is 11.1. The van der Waals surface area contributed by atoms with E-state index >= 15 is 0 Å². The highest BCUT2D eigenvalue weighted by atomic mass is 14.9. The Hall–Kier alpha value is -2.02. The van der Waals surface area contributed by atoms with Crippen LogP contribution in [0.1, 0.15) is 16.8 Å². The fraction of sp³-hybridized carbons (Fsp3) is 0.176. The summed E-state index contributed by atoms with van der Waals surface area (Å²) in [7, 11) is 0. The largest absolute Gasteiger partial charge is 0.321 e. The molecule has 2 heterocycles.